The van der Waals surface area contributed by atoms with Crippen molar-refractivity contribution in [2.75, 3.05) is 12.4 Å². The number of amides is 1. The van der Waals surface area contributed by atoms with Gasteiger partial charge in [0.1, 0.15) is 17.3 Å². The number of hydrogen-bond donors (Lipinski definition) is 1. The topological polar surface area (TPSA) is 94.1 Å². The van der Waals surface area contributed by atoms with Gasteiger partial charge in [-0.05, 0) is 54.6 Å². The maximum Gasteiger partial charge on any atom is 0.417 e. The Kier molecular flexibility index (Phi) is 6.73. The Balaban J connectivity index is 1.51. The van der Waals surface area contributed by atoms with E-state index in [9.17, 15) is 27.2 Å². The first-order chi connectivity index (χ1) is 17.2. The van der Waals surface area contributed by atoms with E-state index in [0.29, 0.717) is 40.9 Å². The molecule has 0 aliphatic carbocycles. The zero-order valence-corrected chi connectivity index (χ0v) is 18.5. The first-order valence-electron chi connectivity index (χ1n) is 10.3. The second kappa shape index (κ2) is 9.90. The summed E-state index contributed by atoms with van der Waals surface area (Å²) in [6, 6.07) is 14.0. The van der Waals surface area contributed by atoms with Crippen LogP contribution in [0.3, 0.4) is 0 Å². The smallest absolute Gasteiger partial charge is 0.417 e. The number of ketones is 1. The average Bonchev–Trinajstić information content (AvgIpc) is 2.88. The number of halogens is 4. The van der Waals surface area contributed by atoms with E-state index < -0.39 is 34.8 Å². The first-order valence-corrected chi connectivity index (χ1v) is 10.3. The molecular weight excluding hydrogens is 480 g/mol. The van der Waals surface area contributed by atoms with Crippen LogP contribution < -0.4 is 10.1 Å². The van der Waals surface area contributed by atoms with Crippen LogP contribution in [0.15, 0.2) is 72.9 Å². The molecule has 7 nitrogen and oxygen atoms in total. The van der Waals surface area contributed by atoms with Gasteiger partial charge in [-0.2, -0.15) is 13.2 Å². The number of carbonyl (C=O) groups excluding carboxylic acids is 2. The van der Waals surface area contributed by atoms with Crippen LogP contribution in [0.1, 0.15) is 32.1 Å². The monoisotopic (exact) mass is 496 g/mol. The number of ether oxygens (including phenoxy) is 1. The highest BCUT2D eigenvalue weighted by atomic mass is 19.4. The van der Waals surface area contributed by atoms with Gasteiger partial charge in [-0.25, -0.2) is 4.39 Å². The fraction of sp³-hybridized carbons (Fsp3) is 0.0800. The van der Waals surface area contributed by atoms with Crippen LogP contribution in [0.4, 0.5) is 23.2 Å². The highest BCUT2D eigenvalue weighted by molar-refractivity contribution is 6.09. The molecule has 0 bridgehead atoms. The molecule has 0 aliphatic rings. The number of carbonyl (C=O) groups is 2. The molecule has 1 amide bonds. The SMILES string of the molecule is COc1cccc(NC(=O)c2ccc(-c3ccc(C(=O)c4cc(F)ccc4C(F)(F)F)nc3)nn2)c1. The van der Waals surface area contributed by atoms with E-state index in [1.54, 1.807) is 24.3 Å². The Labute approximate surface area is 201 Å². The number of nitrogens with zero attached hydrogens (tertiary/aromatic N) is 3. The Bertz CT molecular complexity index is 1420. The van der Waals surface area contributed by atoms with Crippen LogP contribution in [0.5, 0.6) is 5.75 Å². The average molecular weight is 496 g/mol. The van der Waals surface area contributed by atoms with Gasteiger partial charge in [-0.3, -0.25) is 14.6 Å². The van der Waals surface area contributed by atoms with Crippen LogP contribution in [0.2, 0.25) is 0 Å². The van der Waals surface area contributed by atoms with E-state index in [2.05, 4.69) is 20.5 Å². The molecule has 0 atom stereocenters. The second-order valence-corrected chi connectivity index (χ2v) is 7.44. The molecule has 4 aromatic rings. The molecule has 11 heteroatoms. The third-order valence-electron chi connectivity index (χ3n) is 5.05. The Morgan fingerprint density at radius 2 is 1.69 bits per heavy atom. The van der Waals surface area contributed by atoms with Gasteiger partial charge in [-0.1, -0.05) is 6.07 Å². The van der Waals surface area contributed by atoms with E-state index in [1.807, 2.05) is 0 Å². The van der Waals surface area contributed by atoms with Gasteiger partial charge in [0, 0.05) is 29.1 Å². The number of benzene rings is 2. The van der Waals surface area contributed by atoms with Crippen LogP contribution in [0, 0.1) is 5.82 Å². The van der Waals surface area contributed by atoms with Gasteiger partial charge in [0.2, 0.25) is 5.78 Å². The lowest BCUT2D eigenvalue weighted by atomic mass is 10.00. The molecular formula is C25H16F4N4O3. The molecule has 36 heavy (non-hydrogen) atoms. The summed E-state index contributed by atoms with van der Waals surface area (Å²) in [5.74, 6) is -1.99. The second-order valence-electron chi connectivity index (χ2n) is 7.44. The summed E-state index contributed by atoms with van der Waals surface area (Å²) in [6.45, 7) is 0. The van der Waals surface area contributed by atoms with Gasteiger partial charge in [0.15, 0.2) is 5.69 Å². The summed E-state index contributed by atoms with van der Waals surface area (Å²) in [5.41, 5.74) is -1.16. The zero-order chi connectivity index (χ0) is 25.9. The maximum atomic E-state index is 13.6. The highest BCUT2D eigenvalue weighted by Crippen LogP contribution is 2.33. The van der Waals surface area contributed by atoms with Crippen LogP contribution in [0.25, 0.3) is 11.3 Å². The van der Waals surface area contributed by atoms with E-state index in [4.69, 9.17) is 4.74 Å². The molecule has 0 aliphatic heterocycles. The largest absolute Gasteiger partial charge is 0.497 e. The summed E-state index contributed by atoms with van der Waals surface area (Å²) in [4.78, 5) is 29.0. The van der Waals surface area contributed by atoms with E-state index >= 15 is 0 Å². The predicted octanol–water partition coefficient (Wildman–Crippen LogP) is 5.19. The van der Waals surface area contributed by atoms with Crippen molar-refractivity contribution >= 4 is 17.4 Å². The normalized spacial score (nSPS) is 11.1. The maximum absolute atomic E-state index is 13.6. The molecule has 1 N–H and O–H groups in total. The molecule has 4 rings (SSSR count). The fourth-order valence-corrected chi connectivity index (χ4v) is 3.27. The fourth-order valence-electron chi connectivity index (χ4n) is 3.27. The van der Waals surface area contributed by atoms with Crippen LogP contribution >= 0.6 is 0 Å². The lowest BCUT2D eigenvalue weighted by Crippen LogP contribution is -2.15. The molecule has 2 heterocycles. The van der Waals surface area contributed by atoms with Crippen LogP contribution in [-0.4, -0.2) is 34.0 Å². The molecule has 182 valence electrons. The molecule has 0 saturated heterocycles. The van der Waals surface area contributed by atoms with Crippen molar-refractivity contribution in [2.24, 2.45) is 0 Å². The number of rotatable bonds is 6. The summed E-state index contributed by atoms with van der Waals surface area (Å²) < 4.78 is 58.4. The number of hydrogen-bond acceptors (Lipinski definition) is 6. The molecule has 0 fully saturated rings. The molecule has 0 saturated carbocycles. The number of methoxy groups -OCH3 is 1. The first kappa shape index (κ1) is 24.5. The van der Waals surface area contributed by atoms with Gasteiger partial charge in [0.05, 0.1) is 18.4 Å². The highest BCUT2D eigenvalue weighted by Gasteiger charge is 2.35. The molecule has 0 unspecified atom stereocenters. The quantitative estimate of drug-likeness (QED) is 0.292. The van der Waals surface area contributed by atoms with Gasteiger partial charge in [0.25, 0.3) is 5.91 Å². The summed E-state index contributed by atoms with van der Waals surface area (Å²) in [7, 11) is 1.50. The van der Waals surface area contributed by atoms with Gasteiger partial charge >= 0.3 is 6.18 Å². The van der Waals surface area contributed by atoms with E-state index in [0.717, 1.165) is 0 Å². The Morgan fingerprint density at radius 3 is 2.33 bits per heavy atom. The van der Waals surface area contributed by atoms with E-state index in [-0.39, 0.29) is 11.4 Å². The number of alkyl halides is 3. The molecule has 0 spiro atoms. The lowest BCUT2D eigenvalue weighted by molar-refractivity contribution is -0.137. The summed E-state index contributed by atoms with van der Waals surface area (Å²) in [5, 5.41) is 10.5. The van der Waals surface area contributed by atoms with Gasteiger partial charge in [-0.15, -0.1) is 10.2 Å². The minimum Gasteiger partial charge on any atom is -0.497 e. The van der Waals surface area contributed by atoms with Crippen molar-refractivity contribution in [3.8, 4) is 17.0 Å². The molecule has 2 aromatic carbocycles. The Hall–Kier alpha value is -4.67. The van der Waals surface area contributed by atoms with Crippen molar-refractivity contribution < 1.29 is 31.9 Å². The Morgan fingerprint density at radius 1 is 0.917 bits per heavy atom. The number of nitrogens with one attached hydrogen (secondary N) is 1. The third-order valence-corrected chi connectivity index (χ3v) is 5.05. The molecule has 0 radical (unpaired) electrons. The van der Waals surface area contributed by atoms with E-state index in [1.165, 1.54) is 37.6 Å². The number of aromatic nitrogens is 3. The van der Waals surface area contributed by atoms with Crippen molar-refractivity contribution in [3.05, 3.63) is 101 Å². The molecule has 2 aromatic heterocycles. The lowest BCUT2D eigenvalue weighted by Gasteiger charge is -2.12. The third kappa shape index (κ3) is 5.35. The van der Waals surface area contributed by atoms with Crippen molar-refractivity contribution in [3.63, 3.8) is 0 Å². The zero-order valence-electron chi connectivity index (χ0n) is 18.5. The van der Waals surface area contributed by atoms with Crippen LogP contribution in [-0.2, 0) is 6.18 Å². The number of anilines is 1. The summed E-state index contributed by atoms with van der Waals surface area (Å²) >= 11 is 0. The standard InChI is InChI=1S/C25H16F4N4O3/c1-36-17-4-2-3-16(12-17)31-24(35)22-10-9-20(32-33-22)14-5-8-21(30-13-14)23(34)18-11-15(26)6-7-19(18)25(27,28)29/h2-13H,1H3,(H,31,35). The van der Waals surface area contributed by atoms with Crippen molar-refractivity contribution in [1.82, 2.24) is 15.2 Å². The predicted molar refractivity (Wildman–Crippen MR) is 121 cm³/mol. The minimum atomic E-state index is -4.84. The van der Waals surface area contributed by atoms with Gasteiger partial charge < -0.3 is 10.1 Å². The summed E-state index contributed by atoms with van der Waals surface area (Å²) in [6.07, 6.45) is -3.62. The number of pyridine rings is 1. The van der Waals surface area contributed by atoms with Crippen molar-refractivity contribution in [1.29, 1.82) is 0 Å². The van der Waals surface area contributed by atoms with Crippen molar-refractivity contribution in [2.45, 2.75) is 6.18 Å². The minimum absolute atomic E-state index is 0.0344.